The summed E-state index contributed by atoms with van der Waals surface area (Å²) in [5.74, 6) is 0.966. The summed E-state index contributed by atoms with van der Waals surface area (Å²) >= 11 is 0. The first-order chi connectivity index (χ1) is 9.74. The minimum absolute atomic E-state index is 0.0376. The van der Waals surface area contributed by atoms with Crippen molar-refractivity contribution < 1.29 is 14.3 Å². The number of likely N-dealkylation sites (tertiary alicyclic amines) is 1. The maximum Gasteiger partial charge on any atom is 0.309 e. The Hall–Kier alpha value is -1.55. The molecular formula is C16H23NO3. The predicted octanol–water partition coefficient (Wildman–Crippen LogP) is 2.47. The molecule has 0 aromatic heterocycles. The van der Waals surface area contributed by atoms with Crippen LogP contribution in [0.3, 0.4) is 0 Å². The summed E-state index contributed by atoms with van der Waals surface area (Å²) in [6, 6.07) is 8.09. The third-order valence-corrected chi connectivity index (χ3v) is 3.79. The number of methoxy groups -OCH3 is 1. The fraction of sp³-hybridized carbons (Fsp3) is 0.562. The number of benzene rings is 1. The van der Waals surface area contributed by atoms with Crippen LogP contribution in [-0.2, 0) is 16.1 Å². The molecule has 0 aliphatic carbocycles. The average molecular weight is 277 g/mol. The lowest BCUT2D eigenvalue weighted by atomic mass is 9.96. The number of hydrogen-bond acceptors (Lipinski definition) is 4. The van der Waals surface area contributed by atoms with Gasteiger partial charge in [0, 0.05) is 12.1 Å². The number of nitrogens with zero attached hydrogens (tertiary/aromatic N) is 1. The SMILES string of the molecule is CCOC(=O)C1CCN(Cc2ccccc2OC)CC1. The molecule has 1 saturated heterocycles. The van der Waals surface area contributed by atoms with Crippen molar-refractivity contribution in [3.05, 3.63) is 29.8 Å². The van der Waals surface area contributed by atoms with Crippen LogP contribution in [0.4, 0.5) is 0 Å². The maximum atomic E-state index is 11.7. The molecule has 110 valence electrons. The first kappa shape index (κ1) is 14.9. The van der Waals surface area contributed by atoms with Gasteiger partial charge in [-0.25, -0.2) is 0 Å². The Morgan fingerprint density at radius 1 is 1.30 bits per heavy atom. The molecule has 0 radical (unpaired) electrons. The molecule has 1 fully saturated rings. The first-order valence-electron chi connectivity index (χ1n) is 7.25. The van der Waals surface area contributed by atoms with Gasteiger partial charge in [0.2, 0.25) is 0 Å². The highest BCUT2D eigenvalue weighted by Gasteiger charge is 2.26. The molecule has 2 rings (SSSR count). The Balaban J connectivity index is 1.87. The monoisotopic (exact) mass is 277 g/mol. The van der Waals surface area contributed by atoms with Gasteiger partial charge in [0.05, 0.1) is 19.6 Å². The summed E-state index contributed by atoms with van der Waals surface area (Å²) < 4.78 is 10.5. The zero-order valence-corrected chi connectivity index (χ0v) is 12.3. The third kappa shape index (κ3) is 3.73. The van der Waals surface area contributed by atoms with E-state index in [4.69, 9.17) is 9.47 Å². The lowest BCUT2D eigenvalue weighted by Gasteiger charge is -2.31. The zero-order valence-electron chi connectivity index (χ0n) is 12.3. The second-order valence-corrected chi connectivity index (χ2v) is 5.11. The second kappa shape index (κ2) is 7.29. The van der Waals surface area contributed by atoms with E-state index in [2.05, 4.69) is 11.0 Å². The van der Waals surface area contributed by atoms with Crippen molar-refractivity contribution in [2.45, 2.75) is 26.3 Å². The number of piperidine rings is 1. The van der Waals surface area contributed by atoms with Crippen LogP contribution in [0.25, 0.3) is 0 Å². The summed E-state index contributed by atoms with van der Waals surface area (Å²) in [4.78, 5) is 14.1. The van der Waals surface area contributed by atoms with Gasteiger partial charge in [0.15, 0.2) is 0 Å². The molecule has 0 amide bonds. The van der Waals surface area contributed by atoms with E-state index in [1.54, 1.807) is 7.11 Å². The minimum Gasteiger partial charge on any atom is -0.496 e. The molecule has 0 unspecified atom stereocenters. The van der Waals surface area contributed by atoms with E-state index in [1.165, 1.54) is 5.56 Å². The lowest BCUT2D eigenvalue weighted by molar-refractivity contribution is -0.149. The van der Waals surface area contributed by atoms with Crippen molar-refractivity contribution in [2.75, 3.05) is 26.8 Å². The van der Waals surface area contributed by atoms with Crippen LogP contribution in [0.1, 0.15) is 25.3 Å². The topological polar surface area (TPSA) is 38.8 Å². The van der Waals surface area contributed by atoms with E-state index >= 15 is 0 Å². The van der Waals surface area contributed by atoms with E-state index in [9.17, 15) is 4.79 Å². The van der Waals surface area contributed by atoms with Crippen LogP contribution in [0.2, 0.25) is 0 Å². The molecule has 1 aromatic rings. The molecule has 1 heterocycles. The van der Waals surface area contributed by atoms with Crippen molar-refractivity contribution >= 4 is 5.97 Å². The van der Waals surface area contributed by atoms with Crippen LogP contribution in [0.15, 0.2) is 24.3 Å². The zero-order chi connectivity index (χ0) is 14.4. The van der Waals surface area contributed by atoms with Crippen molar-refractivity contribution in [1.82, 2.24) is 4.90 Å². The van der Waals surface area contributed by atoms with Crippen LogP contribution < -0.4 is 4.74 Å². The molecule has 0 saturated carbocycles. The highest BCUT2D eigenvalue weighted by molar-refractivity contribution is 5.72. The molecule has 1 aliphatic heterocycles. The molecule has 4 nitrogen and oxygen atoms in total. The Bertz CT molecular complexity index is 439. The van der Waals surface area contributed by atoms with Crippen molar-refractivity contribution in [3.63, 3.8) is 0 Å². The second-order valence-electron chi connectivity index (χ2n) is 5.11. The summed E-state index contributed by atoms with van der Waals surface area (Å²) in [6.45, 7) is 5.07. The van der Waals surface area contributed by atoms with E-state index in [0.717, 1.165) is 38.2 Å². The van der Waals surface area contributed by atoms with Crippen LogP contribution in [0.5, 0.6) is 5.75 Å². The average Bonchev–Trinajstić information content (AvgIpc) is 2.49. The molecule has 0 spiro atoms. The number of carbonyl (C=O) groups is 1. The van der Waals surface area contributed by atoms with Gasteiger partial charge in [0.25, 0.3) is 0 Å². The normalized spacial score (nSPS) is 16.9. The molecular weight excluding hydrogens is 254 g/mol. The van der Waals surface area contributed by atoms with Crippen molar-refractivity contribution in [2.24, 2.45) is 5.92 Å². The third-order valence-electron chi connectivity index (χ3n) is 3.79. The summed E-state index contributed by atoms with van der Waals surface area (Å²) in [5, 5.41) is 0. The van der Waals surface area contributed by atoms with E-state index in [1.807, 2.05) is 25.1 Å². The summed E-state index contributed by atoms with van der Waals surface area (Å²) in [5.41, 5.74) is 1.20. The summed E-state index contributed by atoms with van der Waals surface area (Å²) in [6.07, 6.45) is 1.77. The van der Waals surface area contributed by atoms with Gasteiger partial charge in [-0.05, 0) is 38.9 Å². The number of carbonyl (C=O) groups excluding carboxylic acids is 1. The Kier molecular flexibility index (Phi) is 5.41. The predicted molar refractivity (Wildman–Crippen MR) is 77.6 cm³/mol. The van der Waals surface area contributed by atoms with E-state index in [-0.39, 0.29) is 11.9 Å². The van der Waals surface area contributed by atoms with E-state index < -0.39 is 0 Å². The lowest BCUT2D eigenvalue weighted by Crippen LogP contribution is -2.36. The molecule has 0 N–H and O–H groups in total. The van der Waals surface area contributed by atoms with Crippen molar-refractivity contribution in [3.8, 4) is 5.75 Å². The number of para-hydroxylation sites is 1. The standard InChI is InChI=1S/C16H23NO3/c1-3-20-16(18)13-8-10-17(11-9-13)12-14-6-4-5-7-15(14)19-2/h4-7,13H,3,8-12H2,1-2H3. The smallest absolute Gasteiger partial charge is 0.309 e. The Labute approximate surface area is 120 Å². The number of ether oxygens (including phenoxy) is 2. The molecule has 0 atom stereocenters. The Morgan fingerprint density at radius 2 is 2.00 bits per heavy atom. The van der Waals surface area contributed by atoms with Gasteiger partial charge < -0.3 is 9.47 Å². The molecule has 0 bridgehead atoms. The fourth-order valence-electron chi connectivity index (χ4n) is 2.66. The van der Waals surface area contributed by atoms with Gasteiger partial charge >= 0.3 is 5.97 Å². The van der Waals surface area contributed by atoms with E-state index in [0.29, 0.717) is 6.61 Å². The number of rotatable bonds is 5. The van der Waals surface area contributed by atoms with Gasteiger partial charge in [-0.1, -0.05) is 18.2 Å². The molecule has 4 heteroatoms. The highest BCUT2D eigenvalue weighted by Crippen LogP contribution is 2.23. The molecule has 1 aromatic carbocycles. The fourth-order valence-corrected chi connectivity index (χ4v) is 2.66. The van der Waals surface area contributed by atoms with Crippen LogP contribution in [0, 0.1) is 5.92 Å². The molecule has 1 aliphatic rings. The van der Waals surface area contributed by atoms with Crippen LogP contribution in [-0.4, -0.2) is 37.7 Å². The van der Waals surface area contributed by atoms with Gasteiger partial charge in [-0.3, -0.25) is 9.69 Å². The largest absolute Gasteiger partial charge is 0.496 e. The Morgan fingerprint density at radius 3 is 2.65 bits per heavy atom. The summed E-state index contributed by atoms with van der Waals surface area (Å²) in [7, 11) is 1.70. The number of esters is 1. The maximum absolute atomic E-state index is 11.7. The van der Waals surface area contributed by atoms with Gasteiger partial charge in [-0.2, -0.15) is 0 Å². The first-order valence-corrected chi connectivity index (χ1v) is 7.25. The number of hydrogen-bond donors (Lipinski definition) is 0. The van der Waals surface area contributed by atoms with Crippen LogP contribution >= 0.6 is 0 Å². The molecule has 20 heavy (non-hydrogen) atoms. The van der Waals surface area contributed by atoms with Gasteiger partial charge in [0.1, 0.15) is 5.75 Å². The van der Waals surface area contributed by atoms with Gasteiger partial charge in [-0.15, -0.1) is 0 Å². The highest BCUT2D eigenvalue weighted by atomic mass is 16.5. The minimum atomic E-state index is -0.0376. The quantitative estimate of drug-likeness (QED) is 0.775. The van der Waals surface area contributed by atoms with Crippen molar-refractivity contribution in [1.29, 1.82) is 0 Å².